The van der Waals surface area contributed by atoms with Crippen LogP contribution in [0.3, 0.4) is 0 Å². The number of likely N-dealkylation sites (N-methyl/N-ethyl adjacent to an activating group) is 1. The number of halogens is 2. The predicted molar refractivity (Wildman–Crippen MR) is 129 cm³/mol. The molecule has 0 saturated heterocycles. The van der Waals surface area contributed by atoms with Gasteiger partial charge in [0.25, 0.3) is 5.69 Å². The lowest BCUT2D eigenvalue weighted by molar-refractivity contribution is -0.384. The number of carbonyl (C=O) groups is 2. The van der Waals surface area contributed by atoms with Gasteiger partial charge < -0.3 is 10.2 Å². The summed E-state index contributed by atoms with van der Waals surface area (Å²) in [6.07, 6.45) is 0.454. The SMILES string of the molecule is CCNC(=O)C(CC)N(Cc1ccc(Cl)cc1Cl)C(=O)CSCc1ccc([N+](=O)[O-])cc1. The topological polar surface area (TPSA) is 92.6 Å². The van der Waals surface area contributed by atoms with Crippen LogP contribution in [0.25, 0.3) is 0 Å². The third-order valence-corrected chi connectivity index (χ3v) is 6.31. The predicted octanol–water partition coefficient (Wildman–Crippen LogP) is 5.08. The van der Waals surface area contributed by atoms with E-state index in [2.05, 4.69) is 5.32 Å². The summed E-state index contributed by atoms with van der Waals surface area (Å²) in [5.41, 5.74) is 1.59. The normalized spacial score (nSPS) is 11.6. The highest BCUT2D eigenvalue weighted by molar-refractivity contribution is 7.99. The molecule has 172 valence electrons. The second-order valence-corrected chi connectivity index (χ2v) is 8.82. The smallest absolute Gasteiger partial charge is 0.269 e. The molecule has 2 aromatic carbocycles. The van der Waals surface area contributed by atoms with E-state index in [0.717, 1.165) is 5.56 Å². The van der Waals surface area contributed by atoms with Crippen molar-refractivity contribution in [2.24, 2.45) is 0 Å². The fourth-order valence-corrected chi connectivity index (χ4v) is 4.44. The molecule has 0 aromatic heterocycles. The van der Waals surface area contributed by atoms with Crippen LogP contribution in [-0.2, 0) is 21.9 Å². The number of benzene rings is 2. The number of nitrogens with zero attached hydrogens (tertiary/aromatic N) is 2. The number of nitro groups is 1. The van der Waals surface area contributed by atoms with Gasteiger partial charge in [0.15, 0.2) is 0 Å². The van der Waals surface area contributed by atoms with E-state index >= 15 is 0 Å². The zero-order chi connectivity index (χ0) is 23.7. The standard InChI is InChI=1S/C22H25Cl2N3O4S/c1-3-20(22(29)25-4-2)26(12-16-7-8-17(23)11-19(16)24)21(28)14-32-13-15-5-9-18(10-6-15)27(30)31/h5-11,20H,3-4,12-14H2,1-2H3,(H,25,29). The molecule has 0 spiro atoms. The van der Waals surface area contributed by atoms with Gasteiger partial charge in [-0.3, -0.25) is 19.7 Å². The summed E-state index contributed by atoms with van der Waals surface area (Å²) in [6.45, 7) is 4.33. The molecule has 2 aromatic rings. The Balaban J connectivity index is 2.13. The van der Waals surface area contributed by atoms with Gasteiger partial charge in [0.2, 0.25) is 11.8 Å². The van der Waals surface area contributed by atoms with E-state index in [1.807, 2.05) is 13.8 Å². The maximum Gasteiger partial charge on any atom is 0.269 e. The molecule has 0 aliphatic carbocycles. The van der Waals surface area contributed by atoms with Crippen LogP contribution in [0.1, 0.15) is 31.4 Å². The minimum atomic E-state index is -0.630. The summed E-state index contributed by atoms with van der Waals surface area (Å²) in [4.78, 5) is 37.6. The average molecular weight is 498 g/mol. The molecular formula is C22H25Cl2N3O4S. The Morgan fingerprint density at radius 2 is 1.84 bits per heavy atom. The van der Waals surface area contributed by atoms with E-state index in [0.29, 0.717) is 34.3 Å². The summed E-state index contributed by atoms with van der Waals surface area (Å²) in [5.74, 6) is 0.254. The molecule has 0 aliphatic rings. The van der Waals surface area contributed by atoms with Gasteiger partial charge in [-0.05, 0) is 36.6 Å². The molecular weight excluding hydrogens is 473 g/mol. The number of hydrogen-bond acceptors (Lipinski definition) is 5. The second-order valence-electron chi connectivity index (χ2n) is 6.99. The van der Waals surface area contributed by atoms with Crippen LogP contribution in [-0.4, -0.2) is 40.0 Å². The first-order chi connectivity index (χ1) is 15.3. The molecule has 0 heterocycles. The molecule has 2 rings (SSSR count). The Bertz CT molecular complexity index is 957. The summed E-state index contributed by atoms with van der Waals surface area (Å²) < 4.78 is 0. The summed E-state index contributed by atoms with van der Waals surface area (Å²) >= 11 is 13.7. The van der Waals surface area contributed by atoms with Crippen LogP contribution in [0, 0.1) is 10.1 Å². The Labute approximate surface area is 201 Å². The van der Waals surface area contributed by atoms with Gasteiger partial charge in [-0.15, -0.1) is 11.8 Å². The first-order valence-corrected chi connectivity index (χ1v) is 12.0. The minimum Gasteiger partial charge on any atom is -0.355 e. The van der Waals surface area contributed by atoms with Crippen LogP contribution in [0.2, 0.25) is 10.0 Å². The summed E-state index contributed by atoms with van der Waals surface area (Å²) in [6, 6.07) is 10.6. The van der Waals surface area contributed by atoms with Crippen molar-refractivity contribution < 1.29 is 14.5 Å². The minimum absolute atomic E-state index is 0.0218. The maximum atomic E-state index is 13.1. The highest BCUT2D eigenvalue weighted by Crippen LogP contribution is 2.25. The molecule has 0 bridgehead atoms. The molecule has 10 heteroatoms. The average Bonchev–Trinajstić information content (AvgIpc) is 2.75. The first-order valence-electron chi connectivity index (χ1n) is 10.1. The highest BCUT2D eigenvalue weighted by atomic mass is 35.5. The van der Waals surface area contributed by atoms with E-state index in [9.17, 15) is 19.7 Å². The molecule has 1 unspecified atom stereocenters. The van der Waals surface area contributed by atoms with Gasteiger partial charge in [0, 0.05) is 41.0 Å². The number of non-ortho nitro benzene ring substituents is 1. The van der Waals surface area contributed by atoms with Crippen molar-refractivity contribution in [3.8, 4) is 0 Å². The second kappa shape index (κ2) is 12.7. The van der Waals surface area contributed by atoms with Crippen molar-refractivity contribution in [3.63, 3.8) is 0 Å². The Morgan fingerprint density at radius 3 is 2.41 bits per heavy atom. The number of thioether (sulfide) groups is 1. The molecule has 1 N–H and O–H groups in total. The van der Waals surface area contributed by atoms with Crippen molar-refractivity contribution in [1.29, 1.82) is 0 Å². The summed E-state index contributed by atoms with van der Waals surface area (Å²) in [5, 5.41) is 14.5. The van der Waals surface area contributed by atoms with Crippen LogP contribution < -0.4 is 5.32 Å². The number of amides is 2. The number of carbonyl (C=O) groups excluding carboxylic acids is 2. The number of rotatable bonds is 11. The zero-order valence-electron chi connectivity index (χ0n) is 17.8. The van der Waals surface area contributed by atoms with E-state index in [1.165, 1.54) is 23.9 Å². The van der Waals surface area contributed by atoms with E-state index in [-0.39, 0.29) is 29.8 Å². The third-order valence-electron chi connectivity index (χ3n) is 4.73. The van der Waals surface area contributed by atoms with Crippen molar-refractivity contribution in [2.45, 2.75) is 38.6 Å². The lowest BCUT2D eigenvalue weighted by Crippen LogP contribution is -2.49. The Morgan fingerprint density at radius 1 is 1.16 bits per heavy atom. The van der Waals surface area contributed by atoms with Gasteiger partial charge in [0.05, 0.1) is 10.7 Å². The van der Waals surface area contributed by atoms with Crippen molar-refractivity contribution >= 4 is 52.5 Å². The molecule has 0 aliphatic heterocycles. The largest absolute Gasteiger partial charge is 0.355 e. The van der Waals surface area contributed by atoms with Crippen LogP contribution in [0.15, 0.2) is 42.5 Å². The van der Waals surface area contributed by atoms with Crippen LogP contribution in [0.4, 0.5) is 5.69 Å². The quantitative estimate of drug-likeness (QED) is 0.345. The third kappa shape index (κ3) is 7.39. The molecule has 2 amide bonds. The van der Waals surface area contributed by atoms with E-state index in [1.54, 1.807) is 35.2 Å². The molecule has 32 heavy (non-hydrogen) atoms. The zero-order valence-corrected chi connectivity index (χ0v) is 20.2. The monoisotopic (exact) mass is 497 g/mol. The number of hydrogen-bond donors (Lipinski definition) is 1. The van der Waals surface area contributed by atoms with Gasteiger partial charge >= 0.3 is 0 Å². The van der Waals surface area contributed by atoms with Gasteiger partial charge in [0.1, 0.15) is 6.04 Å². The van der Waals surface area contributed by atoms with Crippen LogP contribution >= 0.6 is 35.0 Å². The van der Waals surface area contributed by atoms with E-state index in [4.69, 9.17) is 23.2 Å². The molecule has 7 nitrogen and oxygen atoms in total. The number of nitrogens with one attached hydrogen (secondary N) is 1. The molecule has 0 saturated carbocycles. The summed E-state index contributed by atoms with van der Waals surface area (Å²) in [7, 11) is 0. The molecule has 0 radical (unpaired) electrons. The molecule has 1 atom stereocenters. The lowest BCUT2D eigenvalue weighted by atomic mass is 10.1. The Hall–Kier alpha value is -2.29. The van der Waals surface area contributed by atoms with Crippen LogP contribution in [0.5, 0.6) is 0 Å². The fourth-order valence-electron chi connectivity index (χ4n) is 3.10. The highest BCUT2D eigenvalue weighted by Gasteiger charge is 2.28. The first kappa shape index (κ1) is 26.0. The lowest BCUT2D eigenvalue weighted by Gasteiger charge is -2.30. The molecule has 0 fully saturated rings. The van der Waals surface area contributed by atoms with Crippen molar-refractivity contribution in [2.75, 3.05) is 12.3 Å². The van der Waals surface area contributed by atoms with Gasteiger partial charge in [-0.25, -0.2) is 0 Å². The van der Waals surface area contributed by atoms with Gasteiger partial charge in [-0.1, -0.05) is 48.3 Å². The van der Waals surface area contributed by atoms with Gasteiger partial charge in [-0.2, -0.15) is 0 Å². The van der Waals surface area contributed by atoms with Crippen molar-refractivity contribution in [3.05, 3.63) is 73.8 Å². The Kier molecular flexibility index (Phi) is 10.3. The van der Waals surface area contributed by atoms with Crippen molar-refractivity contribution in [1.82, 2.24) is 10.2 Å². The fraction of sp³-hybridized carbons (Fsp3) is 0.364. The maximum absolute atomic E-state index is 13.1. The number of nitro benzene ring substituents is 1. The van der Waals surface area contributed by atoms with E-state index < -0.39 is 11.0 Å².